The first-order valence-electron chi connectivity index (χ1n) is 12.0. The van der Waals surface area contributed by atoms with Gasteiger partial charge in [-0.05, 0) is 73.4 Å². The van der Waals surface area contributed by atoms with E-state index in [2.05, 4.69) is 16.4 Å². The summed E-state index contributed by atoms with van der Waals surface area (Å²) >= 11 is 0. The summed E-state index contributed by atoms with van der Waals surface area (Å²) < 4.78 is 28.4. The summed E-state index contributed by atoms with van der Waals surface area (Å²) in [6.45, 7) is 0.266. The maximum atomic E-state index is 13.3. The average Bonchev–Trinajstić information content (AvgIpc) is 3.23. The molecule has 1 aliphatic rings. The fourth-order valence-electron chi connectivity index (χ4n) is 4.19. The molecule has 0 bridgehead atoms. The summed E-state index contributed by atoms with van der Waals surface area (Å²) in [4.78, 5) is 17.1. The number of nitrogens with zero attached hydrogens (tertiary/aromatic N) is 3. The highest BCUT2D eigenvalue weighted by atomic mass is 32.2. The van der Waals surface area contributed by atoms with Gasteiger partial charge < -0.3 is 9.72 Å². The minimum atomic E-state index is -3.75. The van der Waals surface area contributed by atoms with Crippen LogP contribution in [0.25, 0.3) is 5.65 Å². The molecular formula is C28H27N5O3S. The number of carbonyl (C=O) groups excluding carboxylic acids is 1. The highest BCUT2D eigenvalue weighted by Gasteiger charge is 2.19. The minimum absolute atomic E-state index is 0.168. The first-order chi connectivity index (χ1) is 17.9. The highest BCUT2D eigenvalue weighted by Crippen LogP contribution is 2.27. The molecule has 2 aromatic carbocycles. The molecule has 3 N–H and O–H groups in total. The van der Waals surface area contributed by atoms with Gasteiger partial charge in [0.05, 0.1) is 21.0 Å². The number of hydrogen-bond acceptors (Lipinski definition) is 6. The molecule has 188 valence electrons. The quantitative estimate of drug-likeness (QED) is 0.280. The molecule has 1 aliphatic carbocycles. The summed E-state index contributed by atoms with van der Waals surface area (Å²) in [5.41, 5.74) is 3.59. The number of allylic oxidation sites excluding steroid dienone is 4. The van der Waals surface area contributed by atoms with Crippen LogP contribution in [0, 0.1) is 0 Å². The van der Waals surface area contributed by atoms with E-state index in [-0.39, 0.29) is 22.2 Å². The number of sulfone groups is 1. The van der Waals surface area contributed by atoms with Gasteiger partial charge in [-0.2, -0.15) is 0 Å². The highest BCUT2D eigenvalue weighted by molar-refractivity contribution is 7.91. The van der Waals surface area contributed by atoms with Gasteiger partial charge in [0, 0.05) is 30.8 Å². The van der Waals surface area contributed by atoms with Gasteiger partial charge in [0.25, 0.3) is 5.91 Å². The number of carbonyl (C=O) groups is 1. The molecule has 0 saturated carbocycles. The Morgan fingerprint density at radius 3 is 2.76 bits per heavy atom. The molecule has 0 fully saturated rings. The van der Waals surface area contributed by atoms with Crippen molar-refractivity contribution in [3.8, 4) is 0 Å². The first kappa shape index (κ1) is 24.5. The number of fused-ring (bicyclic) bond motifs is 1. The summed E-state index contributed by atoms with van der Waals surface area (Å²) in [6, 6.07) is 16.7. The molecule has 1 amide bonds. The SMILES string of the molecule is NN(C1=CC=CCCC1)c1cccc(S(=O)(=O)c2ccc(CNC(=O)c3ccc4nccn4c3)cc2)c1. The zero-order chi connectivity index (χ0) is 25.8. The Hall–Kier alpha value is -4.21. The lowest BCUT2D eigenvalue weighted by Gasteiger charge is -2.22. The smallest absolute Gasteiger partial charge is 0.253 e. The van der Waals surface area contributed by atoms with Crippen LogP contribution in [0.4, 0.5) is 5.69 Å². The number of imidazole rings is 1. The molecule has 0 radical (unpaired) electrons. The number of hydrazine groups is 1. The zero-order valence-corrected chi connectivity index (χ0v) is 20.9. The van der Waals surface area contributed by atoms with E-state index in [1.165, 1.54) is 0 Å². The first-order valence-corrected chi connectivity index (χ1v) is 13.5. The van der Waals surface area contributed by atoms with E-state index in [0.29, 0.717) is 11.3 Å². The van der Waals surface area contributed by atoms with Crippen molar-refractivity contribution in [1.29, 1.82) is 0 Å². The van der Waals surface area contributed by atoms with Crippen molar-refractivity contribution in [1.82, 2.24) is 14.7 Å². The molecule has 9 heteroatoms. The van der Waals surface area contributed by atoms with Crippen LogP contribution in [0.3, 0.4) is 0 Å². The van der Waals surface area contributed by atoms with Gasteiger partial charge in [-0.1, -0.05) is 30.4 Å². The maximum Gasteiger partial charge on any atom is 0.253 e. The van der Waals surface area contributed by atoms with Gasteiger partial charge in [-0.25, -0.2) is 19.2 Å². The standard InChI is InChI=1S/C28H27N5O3S/c29-33(23-6-3-1-2-4-7-23)24-8-5-9-26(18-24)37(35,36)25-13-10-21(11-14-25)19-31-28(34)22-12-15-27-30-16-17-32(27)20-22/h1,3,5-6,8-18,20H,2,4,7,19,29H2,(H,31,34). The normalized spacial score (nSPS) is 13.7. The Labute approximate surface area is 215 Å². The van der Waals surface area contributed by atoms with Gasteiger partial charge in [-0.3, -0.25) is 9.80 Å². The number of rotatable bonds is 7. The van der Waals surface area contributed by atoms with E-state index in [1.54, 1.807) is 88.7 Å². The average molecular weight is 514 g/mol. The molecule has 4 aromatic rings. The van der Waals surface area contributed by atoms with Crippen LogP contribution in [-0.2, 0) is 16.4 Å². The summed E-state index contributed by atoms with van der Waals surface area (Å²) in [5.74, 6) is 6.10. The Morgan fingerprint density at radius 2 is 1.92 bits per heavy atom. The summed E-state index contributed by atoms with van der Waals surface area (Å²) in [5, 5.41) is 4.41. The number of nitrogens with one attached hydrogen (secondary N) is 1. The Bertz CT molecular complexity index is 1600. The Kier molecular flexibility index (Phi) is 6.89. The predicted molar refractivity (Wildman–Crippen MR) is 142 cm³/mol. The van der Waals surface area contributed by atoms with Crippen molar-refractivity contribution in [2.24, 2.45) is 5.84 Å². The third-order valence-electron chi connectivity index (χ3n) is 6.28. The Morgan fingerprint density at radius 1 is 1.08 bits per heavy atom. The second-order valence-electron chi connectivity index (χ2n) is 8.79. The molecule has 0 spiro atoms. The lowest BCUT2D eigenvalue weighted by molar-refractivity contribution is 0.0950. The molecule has 0 atom stereocenters. The van der Waals surface area contributed by atoms with Gasteiger partial charge >= 0.3 is 0 Å². The molecule has 8 nitrogen and oxygen atoms in total. The lowest BCUT2D eigenvalue weighted by Crippen LogP contribution is -2.30. The van der Waals surface area contributed by atoms with E-state index < -0.39 is 9.84 Å². The van der Waals surface area contributed by atoms with E-state index in [1.807, 2.05) is 12.2 Å². The van der Waals surface area contributed by atoms with Crippen LogP contribution >= 0.6 is 0 Å². The van der Waals surface area contributed by atoms with Gasteiger partial charge in [-0.15, -0.1) is 0 Å². The summed E-state index contributed by atoms with van der Waals surface area (Å²) in [7, 11) is -3.75. The zero-order valence-electron chi connectivity index (χ0n) is 20.1. The number of aromatic nitrogens is 2. The monoisotopic (exact) mass is 513 g/mol. The van der Waals surface area contributed by atoms with Crippen LogP contribution in [0.2, 0.25) is 0 Å². The van der Waals surface area contributed by atoms with E-state index in [9.17, 15) is 13.2 Å². The van der Waals surface area contributed by atoms with Crippen LogP contribution in [0.15, 0.2) is 113 Å². The van der Waals surface area contributed by atoms with Crippen LogP contribution in [0.1, 0.15) is 35.2 Å². The van der Waals surface area contributed by atoms with Gasteiger partial charge in [0.2, 0.25) is 9.84 Å². The van der Waals surface area contributed by atoms with E-state index in [4.69, 9.17) is 5.84 Å². The van der Waals surface area contributed by atoms with Crippen molar-refractivity contribution in [3.63, 3.8) is 0 Å². The van der Waals surface area contributed by atoms with Crippen LogP contribution < -0.4 is 16.2 Å². The van der Waals surface area contributed by atoms with Gasteiger partial charge in [0.15, 0.2) is 0 Å². The van der Waals surface area contributed by atoms with E-state index in [0.717, 1.165) is 36.2 Å². The molecule has 0 unspecified atom stereocenters. The molecule has 37 heavy (non-hydrogen) atoms. The van der Waals surface area contributed by atoms with Crippen molar-refractivity contribution < 1.29 is 13.2 Å². The topological polar surface area (TPSA) is 110 Å². The number of pyridine rings is 1. The second kappa shape index (κ2) is 10.4. The summed E-state index contributed by atoms with van der Waals surface area (Å²) in [6.07, 6.45) is 14.0. The van der Waals surface area contributed by atoms with Crippen molar-refractivity contribution in [3.05, 3.63) is 114 Å². The molecule has 2 aromatic heterocycles. The van der Waals surface area contributed by atoms with Crippen molar-refractivity contribution >= 4 is 27.1 Å². The molecule has 2 heterocycles. The number of anilines is 1. The molecule has 5 rings (SSSR count). The van der Waals surface area contributed by atoms with Crippen LogP contribution in [-0.4, -0.2) is 23.7 Å². The number of amides is 1. The molecular weight excluding hydrogens is 486 g/mol. The number of hydrogen-bond donors (Lipinski definition) is 2. The predicted octanol–water partition coefficient (Wildman–Crippen LogP) is 4.40. The maximum absolute atomic E-state index is 13.3. The fourth-order valence-corrected chi connectivity index (χ4v) is 5.49. The number of benzene rings is 2. The van der Waals surface area contributed by atoms with Crippen molar-refractivity contribution in [2.75, 3.05) is 5.01 Å². The molecule has 0 saturated heterocycles. The second-order valence-corrected chi connectivity index (χ2v) is 10.7. The van der Waals surface area contributed by atoms with Crippen molar-refractivity contribution in [2.45, 2.75) is 35.6 Å². The van der Waals surface area contributed by atoms with E-state index >= 15 is 0 Å². The largest absolute Gasteiger partial charge is 0.348 e. The fraction of sp³-hybridized carbons (Fsp3) is 0.143. The Balaban J connectivity index is 1.28. The number of nitrogens with two attached hydrogens (primary N) is 1. The minimum Gasteiger partial charge on any atom is -0.348 e. The lowest BCUT2D eigenvalue weighted by atomic mass is 10.2. The molecule has 0 aliphatic heterocycles. The third kappa shape index (κ3) is 5.32. The van der Waals surface area contributed by atoms with Crippen LogP contribution in [0.5, 0.6) is 0 Å². The third-order valence-corrected chi connectivity index (χ3v) is 8.05. The van der Waals surface area contributed by atoms with Gasteiger partial charge in [0.1, 0.15) is 5.65 Å².